The second-order valence-corrected chi connectivity index (χ2v) is 10.0. The fourth-order valence-corrected chi connectivity index (χ4v) is 4.75. The Kier molecular flexibility index (Phi) is 8.26. The van der Waals surface area contributed by atoms with Crippen molar-refractivity contribution in [2.45, 2.75) is 25.7 Å². The highest BCUT2D eigenvalue weighted by Gasteiger charge is 2.27. The van der Waals surface area contributed by atoms with Crippen LogP contribution in [-0.4, -0.2) is 32.5 Å². The van der Waals surface area contributed by atoms with Crippen LogP contribution in [0.2, 0.25) is 5.02 Å². The predicted molar refractivity (Wildman–Crippen MR) is 138 cm³/mol. The number of sulfonamides is 1. The number of carbonyl (C=O) groups excluding carboxylic acids is 2. The minimum Gasteiger partial charge on any atom is -0.326 e. The molecule has 0 spiro atoms. The number of carbonyl (C=O) groups is 2. The second kappa shape index (κ2) is 11.2. The van der Waals surface area contributed by atoms with Gasteiger partial charge in [0.15, 0.2) is 0 Å². The molecule has 0 aliphatic rings. The number of hydrogen-bond donors (Lipinski definition) is 2. The summed E-state index contributed by atoms with van der Waals surface area (Å²) in [5.74, 6) is -0.810. The SMILES string of the molecule is CC(=O)Nc1ccc(/C(C)=N\NC(=O)CN(c2ccc(C)c(Cl)c2)S(=O)(=O)c2ccccc2)cc1. The molecule has 0 atom stereocenters. The molecule has 0 saturated carbocycles. The summed E-state index contributed by atoms with van der Waals surface area (Å²) >= 11 is 6.23. The number of benzene rings is 3. The standard InChI is InChI=1S/C25H25ClN4O4S/c1-17-9-14-22(15-24(17)26)30(35(33,34)23-7-5-4-6-8-23)16-25(32)29-28-18(2)20-10-12-21(13-11-20)27-19(3)31/h4-15H,16H2,1-3H3,(H,27,31)(H,29,32)/b28-18-. The minimum absolute atomic E-state index is 0.0449. The van der Waals surface area contributed by atoms with Gasteiger partial charge in [-0.25, -0.2) is 13.8 Å². The number of halogens is 1. The van der Waals surface area contributed by atoms with Crippen LogP contribution in [-0.2, 0) is 19.6 Å². The first kappa shape index (κ1) is 25.9. The fourth-order valence-electron chi connectivity index (χ4n) is 3.15. The van der Waals surface area contributed by atoms with E-state index in [2.05, 4.69) is 15.8 Å². The highest BCUT2D eigenvalue weighted by Crippen LogP contribution is 2.28. The van der Waals surface area contributed by atoms with Gasteiger partial charge < -0.3 is 5.32 Å². The summed E-state index contributed by atoms with van der Waals surface area (Å²) in [5, 5.41) is 7.16. The quantitative estimate of drug-likeness (QED) is 0.345. The maximum Gasteiger partial charge on any atom is 0.264 e. The van der Waals surface area contributed by atoms with Gasteiger partial charge >= 0.3 is 0 Å². The molecule has 3 aromatic carbocycles. The lowest BCUT2D eigenvalue weighted by molar-refractivity contribution is -0.119. The first-order chi connectivity index (χ1) is 16.6. The smallest absolute Gasteiger partial charge is 0.264 e. The third kappa shape index (κ3) is 6.68. The summed E-state index contributed by atoms with van der Waals surface area (Å²) in [7, 11) is -4.05. The minimum atomic E-state index is -4.05. The van der Waals surface area contributed by atoms with Crippen LogP contribution in [0, 0.1) is 6.92 Å². The maximum absolute atomic E-state index is 13.4. The first-order valence-electron chi connectivity index (χ1n) is 10.6. The van der Waals surface area contributed by atoms with Gasteiger partial charge in [-0.3, -0.25) is 13.9 Å². The molecule has 0 aliphatic heterocycles. The van der Waals surface area contributed by atoms with E-state index in [1.54, 1.807) is 68.4 Å². The number of rotatable bonds is 8. The summed E-state index contributed by atoms with van der Waals surface area (Å²) in [5.41, 5.74) is 5.32. The number of anilines is 2. The first-order valence-corrected chi connectivity index (χ1v) is 12.4. The Morgan fingerprint density at radius 1 is 0.971 bits per heavy atom. The van der Waals surface area contributed by atoms with Crippen molar-refractivity contribution in [3.8, 4) is 0 Å². The number of nitrogens with zero attached hydrogens (tertiary/aromatic N) is 2. The van der Waals surface area contributed by atoms with E-state index in [9.17, 15) is 18.0 Å². The molecule has 2 amide bonds. The van der Waals surface area contributed by atoms with Gasteiger partial charge in [0.25, 0.3) is 15.9 Å². The predicted octanol–water partition coefficient (Wildman–Crippen LogP) is 4.34. The van der Waals surface area contributed by atoms with E-state index < -0.39 is 22.5 Å². The lowest BCUT2D eigenvalue weighted by Crippen LogP contribution is -2.39. The van der Waals surface area contributed by atoms with Gasteiger partial charge in [0, 0.05) is 17.6 Å². The number of amides is 2. The molecule has 35 heavy (non-hydrogen) atoms. The van der Waals surface area contributed by atoms with Crippen molar-refractivity contribution < 1.29 is 18.0 Å². The molecule has 0 fully saturated rings. The Morgan fingerprint density at radius 2 is 1.63 bits per heavy atom. The van der Waals surface area contributed by atoms with Crippen LogP contribution >= 0.6 is 11.6 Å². The monoisotopic (exact) mass is 512 g/mol. The summed E-state index contributed by atoms with van der Waals surface area (Å²) < 4.78 is 27.7. The molecule has 10 heteroatoms. The van der Waals surface area contributed by atoms with Crippen molar-refractivity contribution in [1.29, 1.82) is 0 Å². The van der Waals surface area contributed by atoms with Gasteiger partial charge in [0.2, 0.25) is 5.91 Å². The van der Waals surface area contributed by atoms with Crippen LogP contribution in [0.25, 0.3) is 0 Å². The van der Waals surface area contributed by atoms with Crippen molar-refractivity contribution in [2.24, 2.45) is 5.10 Å². The third-order valence-corrected chi connectivity index (χ3v) is 7.23. The molecule has 3 aromatic rings. The average Bonchev–Trinajstić information content (AvgIpc) is 2.83. The zero-order valence-corrected chi connectivity index (χ0v) is 21.0. The van der Waals surface area contributed by atoms with Crippen molar-refractivity contribution >= 4 is 50.5 Å². The van der Waals surface area contributed by atoms with Crippen molar-refractivity contribution in [2.75, 3.05) is 16.2 Å². The Hall–Kier alpha value is -3.69. The average molecular weight is 513 g/mol. The van der Waals surface area contributed by atoms with E-state index >= 15 is 0 Å². The summed E-state index contributed by atoms with van der Waals surface area (Å²) in [6.07, 6.45) is 0. The Bertz CT molecular complexity index is 1360. The van der Waals surface area contributed by atoms with Crippen molar-refractivity contribution in [3.05, 3.63) is 88.9 Å². The van der Waals surface area contributed by atoms with Gasteiger partial charge in [-0.15, -0.1) is 0 Å². The molecule has 0 saturated heterocycles. The van der Waals surface area contributed by atoms with Crippen LogP contribution in [0.15, 0.2) is 82.8 Å². The lowest BCUT2D eigenvalue weighted by Gasteiger charge is -2.24. The molecule has 0 bridgehead atoms. The lowest BCUT2D eigenvalue weighted by atomic mass is 10.1. The van der Waals surface area contributed by atoms with Gasteiger partial charge in [-0.2, -0.15) is 5.10 Å². The molecule has 0 unspecified atom stereocenters. The number of hydrogen-bond acceptors (Lipinski definition) is 5. The number of aryl methyl sites for hydroxylation is 1. The molecule has 0 aliphatic carbocycles. The van der Waals surface area contributed by atoms with Gasteiger partial charge in [-0.1, -0.05) is 48.0 Å². The molecular weight excluding hydrogens is 488 g/mol. The van der Waals surface area contributed by atoms with Gasteiger partial charge in [-0.05, 0) is 61.4 Å². The molecule has 0 heterocycles. The van der Waals surface area contributed by atoms with Gasteiger partial charge in [0.1, 0.15) is 6.54 Å². The molecular formula is C25H25ClN4O4S. The summed E-state index contributed by atoms with van der Waals surface area (Å²) in [6.45, 7) is 4.41. The third-order valence-electron chi connectivity index (χ3n) is 5.03. The Labute approximate surface area is 209 Å². The van der Waals surface area contributed by atoms with Crippen LogP contribution in [0.3, 0.4) is 0 Å². The van der Waals surface area contributed by atoms with Crippen molar-refractivity contribution in [1.82, 2.24) is 5.43 Å². The zero-order valence-electron chi connectivity index (χ0n) is 19.4. The van der Waals surface area contributed by atoms with Crippen LogP contribution < -0.4 is 15.0 Å². The molecule has 182 valence electrons. The van der Waals surface area contributed by atoms with E-state index in [1.807, 2.05) is 0 Å². The van der Waals surface area contributed by atoms with E-state index in [0.717, 1.165) is 15.4 Å². The topological polar surface area (TPSA) is 108 Å². The normalized spacial score (nSPS) is 11.6. The zero-order chi connectivity index (χ0) is 25.6. The highest BCUT2D eigenvalue weighted by atomic mass is 35.5. The van der Waals surface area contributed by atoms with Crippen LogP contribution in [0.4, 0.5) is 11.4 Å². The Balaban J connectivity index is 1.82. The number of nitrogens with one attached hydrogen (secondary N) is 2. The van der Waals surface area contributed by atoms with E-state index in [4.69, 9.17) is 11.6 Å². The largest absolute Gasteiger partial charge is 0.326 e. The molecule has 8 nitrogen and oxygen atoms in total. The molecule has 3 rings (SSSR count). The van der Waals surface area contributed by atoms with E-state index in [1.165, 1.54) is 25.1 Å². The number of hydrazone groups is 1. The van der Waals surface area contributed by atoms with Gasteiger partial charge in [0.05, 0.1) is 16.3 Å². The summed E-state index contributed by atoms with van der Waals surface area (Å²) in [4.78, 5) is 24.0. The molecule has 0 radical (unpaired) electrons. The second-order valence-electron chi connectivity index (χ2n) is 7.75. The fraction of sp³-hybridized carbons (Fsp3) is 0.160. The molecule has 0 aromatic heterocycles. The highest BCUT2D eigenvalue weighted by molar-refractivity contribution is 7.92. The maximum atomic E-state index is 13.4. The molecule has 2 N–H and O–H groups in total. The van der Waals surface area contributed by atoms with Crippen LogP contribution in [0.5, 0.6) is 0 Å². The van der Waals surface area contributed by atoms with Crippen molar-refractivity contribution in [3.63, 3.8) is 0 Å². The Morgan fingerprint density at radius 3 is 2.23 bits per heavy atom. The van der Waals surface area contributed by atoms with Crippen LogP contribution in [0.1, 0.15) is 25.0 Å². The van der Waals surface area contributed by atoms with E-state index in [0.29, 0.717) is 16.4 Å². The summed E-state index contributed by atoms with van der Waals surface area (Å²) in [6, 6.07) is 19.6. The van der Waals surface area contributed by atoms with E-state index in [-0.39, 0.29) is 16.5 Å².